The first kappa shape index (κ1) is 23.8. The van der Waals surface area contributed by atoms with Gasteiger partial charge >= 0.3 is 12.3 Å². The second-order valence-electron chi connectivity index (χ2n) is 7.97. The second kappa shape index (κ2) is 8.57. The molecule has 1 aromatic rings. The van der Waals surface area contributed by atoms with Crippen molar-refractivity contribution in [3.63, 3.8) is 0 Å². The molecule has 2 aliphatic rings. The smallest absolute Gasteiger partial charge is 0.407 e. The van der Waals surface area contributed by atoms with Crippen LogP contribution in [-0.4, -0.2) is 84.6 Å². The lowest BCUT2D eigenvalue weighted by atomic mass is 9.86. The number of likely N-dealkylation sites (N-methyl/N-ethyl adjacent to an activating group) is 1. The number of aliphatic hydroxyl groups excluding tert-OH is 1. The zero-order valence-electron chi connectivity index (χ0n) is 16.8. The number of carboxylic acid groups (broad SMARTS) is 1. The Hall–Kier alpha value is -1.89. The minimum atomic E-state index is -4.80. The minimum Gasteiger partial charge on any atom is -0.465 e. The fourth-order valence-electron chi connectivity index (χ4n) is 4.36. The second-order valence-corrected chi connectivity index (χ2v) is 9.97. The van der Waals surface area contributed by atoms with E-state index < -0.39 is 52.6 Å². The van der Waals surface area contributed by atoms with Gasteiger partial charge < -0.3 is 19.8 Å². The van der Waals surface area contributed by atoms with Gasteiger partial charge in [0.05, 0.1) is 29.2 Å². The summed E-state index contributed by atoms with van der Waals surface area (Å²) in [6, 6.07) is 6.17. The van der Waals surface area contributed by atoms with Crippen LogP contribution in [-0.2, 0) is 14.8 Å². The van der Waals surface area contributed by atoms with E-state index in [1.165, 1.54) is 31.3 Å². The fourth-order valence-corrected chi connectivity index (χ4v) is 5.74. The number of piperidine rings is 1. The number of benzene rings is 1. The van der Waals surface area contributed by atoms with Crippen molar-refractivity contribution in [2.45, 2.75) is 48.1 Å². The van der Waals surface area contributed by atoms with E-state index in [2.05, 4.69) is 0 Å². The van der Waals surface area contributed by atoms with Crippen molar-refractivity contribution in [3.05, 3.63) is 30.3 Å². The molecule has 1 aromatic carbocycles. The predicted octanol–water partition coefficient (Wildman–Crippen LogP) is 2.15. The number of ether oxygens (including phenoxy) is 1. The molecule has 0 saturated carbocycles. The Labute approximate surface area is 178 Å². The van der Waals surface area contributed by atoms with Crippen LogP contribution in [0.2, 0.25) is 0 Å². The number of carbonyl (C=O) groups is 1. The summed E-state index contributed by atoms with van der Waals surface area (Å²) < 4.78 is 73.9. The van der Waals surface area contributed by atoms with Gasteiger partial charge in [0.15, 0.2) is 0 Å². The maximum atomic E-state index is 13.7. The summed E-state index contributed by atoms with van der Waals surface area (Å²) in [6.07, 6.45) is -7.30. The zero-order valence-corrected chi connectivity index (χ0v) is 17.6. The highest BCUT2D eigenvalue weighted by molar-refractivity contribution is 7.89. The van der Waals surface area contributed by atoms with Crippen molar-refractivity contribution in [2.75, 3.05) is 26.7 Å². The topological polar surface area (TPSA) is 107 Å². The van der Waals surface area contributed by atoms with Gasteiger partial charge in [0.2, 0.25) is 10.0 Å². The monoisotopic (exact) mass is 466 g/mol. The molecule has 174 valence electrons. The van der Waals surface area contributed by atoms with Gasteiger partial charge in [0.1, 0.15) is 5.92 Å². The maximum absolute atomic E-state index is 13.7. The van der Waals surface area contributed by atoms with Crippen LogP contribution in [0.5, 0.6) is 0 Å². The third-order valence-corrected chi connectivity index (χ3v) is 8.09. The molecule has 2 N–H and O–H groups in total. The van der Waals surface area contributed by atoms with Crippen LogP contribution in [0.3, 0.4) is 0 Å². The summed E-state index contributed by atoms with van der Waals surface area (Å²) in [5, 5.41) is 18.6. The van der Waals surface area contributed by atoms with E-state index in [4.69, 9.17) is 9.84 Å². The van der Waals surface area contributed by atoms with Crippen LogP contribution in [0.15, 0.2) is 35.2 Å². The molecule has 12 heteroatoms. The lowest BCUT2D eigenvalue weighted by Crippen LogP contribution is -2.49. The number of sulfonamides is 1. The summed E-state index contributed by atoms with van der Waals surface area (Å²) in [6.45, 7) is -1.11. The Kier molecular flexibility index (Phi) is 6.57. The zero-order chi connectivity index (χ0) is 23.0. The van der Waals surface area contributed by atoms with Gasteiger partial charge in [-0.3, -0.25) is 0 Å². The molecular weight excluding hydrogens is 441 g/mol. The van der Waals surface area contributed by atoms with Crippen molar-refractivity contribution in [1.29, 1.82) is 0 Å². The molecule has 2 fully saturated rings. The van der Waals surface area contributed by atoms with Gasteiger partial charge in [-0.25, -0.2) is 13.2 Å². The summed E-state index contributed by atoms with van der Waals surface area (Å²) in [5.74, 6) is -2.28. The molecule has 31 heavy (non-hydrogen) atoms. The first-order valence-electron chi connectivity index (χ1n) is 9.78. The van der Waals surface area contributed by atoms with E-state index in [9.17, 15) is 31.5 Å². The normalized spacial score (nSPS) is 25.2. The number of hydrogen-bond donors (Lipinski definition) is 2. The molecule has 0 bridgehead atoms. The lowest BCUT2D eigenvalue weighted by molar-refractivity contribution is -0.226. The lowest BCUT2D eigenvalue weighted by Gasteiger charge is -2.38. The Balaban J connectivity index is 1.94. The number of alkyl halides is 3. The molecule has 2 saturated heterocycles. The number of likely N-dealkylation sites (tertiary alicyclic amines) is 1. The van der Waals surface area contributed by atoms with Crippen molar-refractivity contribution < 1.29 is 41.3 Å². The number of hydrogen-bond acceptors (Lipinski definition) is 5. The van der Waals surface area contributed by atoms with E-state index in [1.807, 2.05) is 0 Å². The molecule has 1 spiro atoms. The number of aliphatic hydroxyl groups is 1. The van der Waals surface area contributed by atoms with Crippen molar-refractivity contribution in [1.82, 2.24) is 9.21 Å². The highest BCUT2D eigenvalue weighted by atomic mass is 32.2. The molecule has 3 atom stereocenters. The molecule has 1 amide bonds. The van der Waals surface area contributed by atoms with E-state index >= 15 is 0 Å². The quantitative estimate of drug-likeness (QED) is 0.689. The Morgan fingerprint density at radius 2 is 1.87 bits per heavy atom. The Morgan fingerprint density at radius 3 is 2.35 bits per heavy atom. The average molecular weight is 466 g/mol. The molecule has 0 aromatic heterocycles. The SMILES string of the molecule is CN([C@@H]1CC2(CCN(C(=O)O)CC2)O[C@@H]1C(CO)C(F)(F)F)S(=O)(=O)c1ccccc1. The molecule has 0 aliphatic carbocycles. The van der Waals surface area contributed by atoms with Crippen molar-refractivity contribution in [2.24, 2.45) is 5.92 Å². The molecule has 3 rings (SSSR count). The van der Waals surface area contributed by atoms with Crippen molar-refractivity contribution in [3.8, 4) is 0 Å². The van der Waals surface area contributed by atoms with Crippen LogP contribution in [0.4, 0.5) is 18.0 Å². The van der Waals surface area contributed by atoms with Crippen LogP contribution in [0, 0.1) is 5.92 Å². The molecular formula is C19H25F3N2O6S. The van der Waals surface area contributed by atoms with Crippen LogP contribution in [0.1, 0.15) is 19.3 Å². The third kappa shape index (κ3) is 4.66. The highest BCUT2D eigenvalue weighted by Gasteiger charge is 2.58. The van der Waals surface area contributed by atoms with Crippen LogP contribution in [0.25, 0.3) is 0 Å². The van der Waals surface area contributed by atoms with E-state index in [0.29, 0.717) is 0 Å². The third-order valence-electron chi connectivity index (χ3n) is 6.19. The van der Waals surface area contributed by atoms with Gasteiger partial charge in [0.25, 0.3) is 0 Å². The van der Waals surface area contributed by atoms with E-state index in [1.54, 1.807) is 6.07 Å². The minimum absolute atomic E-state index is 0.0275. The van der Waals surface area contributed by atoms with Crippen LogP contribution >= 0.6 is 0 Å². The van der Waals surface area contributed by atoms with Gasteiger partial charge in [-0.15, -0.1) is 0 Å². The Bertz CT molecular complexity index is 888. The molecule has 2 aliphatic heterocycles. The highest BCUT2D eigenvalue weighted by Crippen LogP contribution is 2.46. The molecule has 2 heterocycles. The molecule has 1 unspecified atom stereocenters. The predicted molar refractivity (Wildman–Crippen MR) is 103 cm³/mol. The number of nitrogens with zero attached hydrogens (tertiary/aromatic N) is 2. The number of amides is 1. The molecule has 0 radical (unpaired) electrons. The largest absolute Gasteiger partial charge is 0.465 e. The summed E-state index contributed by atoms with van der Waals surface area (Å²) in [4.78, 5) is 12.3. The maximum Gasteiger partial charge on any atom is 0.407 e. The van der Waals surface area contributed by atoms with Gasteiger partial charge in [0, 0.05) is 20.1 Å². The first-order valence-corrected chi connectivity index (χ1v) is 11.2. The summed E-state index contributed by atoms with van der Waals surface area (Å²) in [7, 11) is -2.91. The summed E-state index contributed by atoms with van der Waals surface area (Å²) >= 11 is 0. The average Bonchev–Trinajstić information content (AvgIpc) is 3.06. The van der Waals surface area contributed by atoms with Gasteiger partial charge in [-0.05, 0) is 31.4 Å². The molecule has 8 nitrogen and oxygen atoms in total. The van der Waals surface area contributed by atoms with Crippen molar-refractivity contribution >= 4 is 16.1 Å². The van der Waals surface area contributed by atoms with Gasteiger partial charge in [-0.1, -0.05) is 18.2 Å². The standard InChI is InChI=1S/C19H25F3N2O6S/c1-23(31(28,29)13-5-3-2-4-6-13)15-11-18(7-9-24(10-8-18)17(26)27)30-16(15)14(12-25)19(20,21)22/h2-6,14-16,25H,7-12H2,1H3,(H,26,27)/t14?,15-,16-/m1/s1. The Morgan fingerprint density at radius 1 is 1.29 bits per heavy atom. The number of rotatable bonds is 5. The number of halogens is 3. The van der Waals surface area contributed by atoms with E-state index in [0.717, 1.165) is 9.21 Å². The fraction of sp³-hybridized carbons (Fsp3) is 0.632. The first-order chi connectivity index (χ1) is 14.4. The van der Waals surface area contributed by atoms with E-state index in [-0.39, 0.29) is 37.2 Å². The summed E-state index contributed by atoms with van der Waals surface area (Å²) in [5.41, 5.74) is -1.10. The van der Waals surface area contributed by atoms with Gasteiger partial charge in [-0.2, -0.15) is 17.5 Å². The van der Waals surface area contributed by atoms with Crippen LogP contribution < -0.4 is 0 Å².